The highest BCUT2D eigenvalue weighted by molar-refractivity contribution is 6.30. The molecule has 1 fully saturated rings. The monoisotopic (exact) mass is 209 g/mol. The molecule has 4 heteroatoms. The molecular formula is C10H12ClN3. The van der Waals surface area contributed by atoms with Crippen LogP contribution in [0.4, 0.5) is 0 Å². The Morgan fingerprint density at radius 3 is 2.93 bits per heavy atom. The van der Waals surface area contributed by atoms with Crippen LogP contribution in [-0.4, -0.2) is 9.78 Å². The van der Waals surface area contributed by atoms with Crippen LogP contribution in [0.15, 0.2) is 12.4 Å². The summed E-state index contributed by atoms with van der Waals surface area (Å²) in [6.45, 7) is 0. The van der Waals surface area contributed by atoms with Gasteiger partial charge in [0.15, 0.2) is 0 Å². The van der Waals surface area contributed by atoms with Gasteiger partial charge in [0.05, 0.1) is 29.2 Å². The number of aromatic nitrogens is 2. The van der Waals surface area contributed by atoms with Gasteiger partial charge in [-0.05, 0) is 12.8 Å². The molecule has 3 nitrogen and oxygen atoms in total. The molecule has 0 bridgehead atoms. The van der Waals surface area contributed by atoms with Gasteiger partial charge in [-0.2, -0.15) is 10.4 Å². The zero-order chi connectivity index (χ0) is 9.97. The standard InChI is InChI=1S/C10H12ClN3/c11-9-6-13-14(7-9)10-4-2-1-3-8(10)5-12/h6-8,10H,1-4H2. The number of nitriles is 1. The molecule has 2 atom stereocenters. The van der Waals surface area contributed by atoms with E-state index in [0.29, 0.717) is 5.02 Å². The highest BCUT2D eigenvalue weighted by Crippen LogP contribution is 2.33. The van der Waals surface area contributed by atoms with Crippen LogP contribution in [0.25, 0.3) is 0 Å². The highest BCUT2D eigenvalue weighted by Gasteiger charge is 2.26. The molecule has 2 rings (SSSR count). The minimum atomic E-state index is 0.0970. The van der Waals surface area contributed by atoms with E-state index in [9.17, 15) is 0 Å². The van der Waals surface area contributed by atoms with Gasteiger partial charge in [0.25, 0.3) is 0 Å². The molecule has 1 aromatic rings. The molecule has 0 N–H and O–H groups in total. The van der Waals surface area contributed by atoms with Crippen molar-refractivity contribution in [1.29, 1.82) is 5.26 Å². The first-order valence-electron chi connectivity index (χ1n) is 4.90. The average Bonchev–Trinajstić information content (AvgIpc) is 2.65. The molecule has 0 spiro atoms. The summed E-state index contributed by atoms with van der Waals surface area (Å²) in [4.78, 5) is 0. The van der Waals surface area contributed by atoms with Crippen molar-refractivity contribution < 1.29 is 0 Å². The highest BCUT2D eigenvalue weighted by atomic mass is 35.5. The smallest absolute Gasteiger partial charge is 0.0785 e. The maximum absolute atomic E-state index is 9.01. The minimum Gasteiger partial charge on any atom is -0.267 e. The predicted molar refractivity (Wildman–Crippen MR) is 53.8 cm³/mol. The molecule has 1 aliphatic carbocycles. The zero-order valence-corrected chi connectivity index (χ0v) is 8.61. The molecular weight excluding hydrogens is 198 g/mol. The Kier molecular flexibility index (Phi) is 2.74. The molecule has 14 heavy (non-hydrogen) atoms. The Labute approximate surface area is 88.3 Å². The van der Waals surface area contributed by atoms with E-state index in [0.717, 1.165) is 19.3 Å². The largest absolute Gasteiger partial charge is 0.267 e. The Morgan fingerprint density at radius 2 is 2.29 bits per heavy atom. The van der Waals surface area contributed by atoms with Crippen molar-refractivity contribution in [3.63, 3.8) is 0 Å². The van der Waals surface area contributed by atoms with E-state index < -0.39 is 0 Å². The van der Waals surface area contributed by atoms with Crippen molar-refractivity contribution in [3.8, 4) is 6.07 Å². The predicted octanol–water partition coefficient (Wildman–Crippen LogP) is 2.79. The number of halogens is 1. The van der Waals surface area contributed by atoms with Gasteiger partial charge in [-0.3, -0.25) is 4.68 Å². The van der Waals surface area contributed by atoms with Crippen LogP contribution >= 0.6 is 11.6 Å². The maximum atomic E-state index is 9.01. The summed E-state index contributed by atoms with van der Waals surface area (Å²) >= 11 is 5.80. The molecule has 0 amide bonds. The SMILES string of the molecule is N#CC1CCCCC1n1cc(Cl)cn1. The van der Waals surface area contributed by atoms with Gasteiger partial charge < -0.3 is 0 Å². The molecule has 1 aromatic heterocycles. The number of hydrogen-bond acceptors (Lipinski definition) is 2. The summed E-state index contributed by atoms with van der Waals surface area (Å²) in [5, 5.41) is 13.8. The maximum Gasteiger partial charge on any atom is 0.0785 e. The fraction of sp³-hybridized carbons (Fsp3) is 0.600. The number of hydrogen-bond donors (Lipinski definition) is 0. The van der Waals surface area contributed by atoms with Crippen molar-refractivity contribution in [1.82, 2.24) is 9.78 Å². The summed E-state index contributed by atoms with van der Waals surface area (Å²) in [6.07, 6.45) is 7.80. The van der Waals surface area contributed by atoms with Crippen LogP contribution in [0.2, 0.25) is 5.02 Å². The molecule has 1 saturated carbocycles. The average molecular weight is 210 g/mol. The van der Waals surface area contributed by atoms with Crippen LogP contribution in [0.1, 0.15) is 31.7 Å². The first-order valence-corrected chi connectivity index (χ1v) is 5.28. The lowest BCUT2D eigenvalue weighted by atomic mass is 9.86. The van der Waals surface area contributed by atoms with E-state index in [4.69, 9.17) is 16.9 Å². The minimum absolute atomic E-state index is 0.0970. The second-order valence-corrected chi connectivity index (χ2v) is 4.16. The van der Waals surface area contributed by atoms with Gasteiger partial charge in [0, 0.05) is 6.20 Å². The van der Waals surface area contributed by atoms with Crippen molar-refractivity contribution in [2.45, 2.75) is 31.7 Å². The molecule has 1 aliphatic rings. The molecule has 0 radical (unpaired) electrons. The Balaban J connectivity index is 2.19. The fourth-order valence-electron chi connectivity index (χ4n) is 2.07. The summed E-state index contributed by atoms with van der Waals surface area (Å²) in [7, 11) is 0. The van der Waals surface area contributed by atoms with Gasteiger partial charge >= 0.3 is 0 Å². The molecule has 0 aliphatic heterocycles. The lowest BCUT2D eigenvalue weighted by Gasteiger charge is -2.26. The van der Waals surface area contributed by atoms with Gasteiger partial charge in [-0.25, -0.2) is 0 Å². The molecule has 0 saturated heterocycles. The third-order valence-corrected chi connectivity index (χ3v) is 3.00. The number of nitrogens with zero attached hydrogens (tertiary/aromatic N) is 3. The van der Waals surface area contributed by atoms with Gasteiger partial charge in [-0.1, -0.05) is 24.4 Å². The lowest BCUT2D eigenvalue weighted by molar-refractivity contribution is 0.270. The van der Waals surface area contributed by atoms with E-state index in [1.807, 2.05) is 10.9 Å². The molecule has 1 heterocycles. The van der Waals surface area contributed by atoms with Crippen LogP contribution in [0.5, 0.6) is 0 Å². The van der Waals surface area contributed by atoms with Crippen LogP contribution < -0.4 is 0 Å². The third-order valence-electron chi connectivity index (χ3n) is 2.81. The van der Waals surface area contributed by atoms with Crippen molar-refractivity contribution in [2.24, 2.45) is 5.92 Å². The number of rotatable bonds is 1. The summed E-state index contributed by atoms with van der Waals surface area (Å²) in [5.74, 6) is 0.0970. The van der Waals surface area contributed by atoms with Crippen LogP contribution in [0, 0.1) is 17.2 Å². The fourth-order valence-corrected chi connectivity index (χ4v) is 2.22. The lowest BCUT2D eigenvalue weighted by Crippen LogP contribution is -2.22. The summed E-state index contributed by atoms with van der Waals surface area (Å²) in [5.41, 5.74) is 0. The van der Waals surface area contributed by atoms with E-state index >= 15 is 0 Å². The van der Waals surface area contributed by atoms with Gasteiger partial charge in [-0.15, -0.1) is 0 Å². The second kappa shape index (κ2) is 4.02. The molecule has 74 valence electrons. The first kappa shape index (κ1) is 9.54. The summed E-state index contributed by atoms with van der Waals surface area (Å²) < 4.78 is 1.84. The third kappa shape index (κ3) is 1.76. The van der Waals surface area contributed by atoms with E-state index in [1.54, 1.807) is 6.20 Å². The van der Waals surface area contributed by atoms with E-state index in [-0.39, 0.29) is 12.0 Å². The van der Waals surface area contributed by atoms with Gasteiger partial charge in [0.1, 0.15) is 0 Å². The van der Waals surface area contributed by atoms with Crippen LogP contribution in [-0.2, 0) is 0 Å². The second-order valence-electron chi connectivity index (χ2n) is 3.73. The van der Waals surface area contributed by atoms with Crippen LogP contribution in [0.3, 0.4) is 0 Å². The van der Waals surface area contributed by atoms with Crippen molar-refractivity contribution >= 4 is 11.6 Å². The van der Waals surface area contributed by atoms with E-state index in [1.165, 1.54) is 6.42 Å². The topological polar surface area (TPSA) is 41.6 Å². The van der Waals surface area contributed by atoms with Gasteiger partial charge in [0.2, 0.25) is 0 Å². The quantitative estimate of drug-likeness (QED) is 0.714. The summed E-state index contributed by atoms with van der Waals surface area (Å²) in [6, 6.07) is 2.58. The molecule has 0 aromatic carbocycles. The Bertz CT molecular complexity index is 352. The van der Waals surface area contributed by atoms with E-state index in [2.05, 4.69) is 11.2 Å². The first-order chi connectivity index (χ1) is 6.81. The van der Waals surface area contributed by atoms with Crippen molar-refractivity contribution in [3.05, 3.63) is 17.4 Å². The zero-order valence-electron chi connectivity index (χ0n) is 7.86. The molecule has 2 unspecified atom stereocenters. The normalized spacial score (nSPS) is 27.1. The van der Waals surface area contributed by atoms with Crippen molar-refractivity contribution in [2.75, 3.05) is 0 Å². The Morgan fingerprint density at radius 1 is 1.50 bits per heavy atom. The Hall–Kier alpha value is -1.01.